The van der Waals surface area contributed by atoms with Crippen LogP contribution in [-0.4, -0.2) is 73.3 Å². The first-order valence-electron chi connectivity index (χ1n) is 10.9. The molecule has 2 amide bonds. The number of amides is 2. The van der Waals surface area contributed by atoms with Crippen LogP contribution in [0.4, 0.5) is 4.79 Å². The fraction of sp³-hybridized carbons (Fsp3) is 0.667. The highest BCUT2D eigenvalue weighted by Crippen LogP contribution is 2.48. The van der Waals surface area contributed by atoms with Crippen LogP contribution in [0.15, 0.2) is 35.3 Å². The molecule has 0 bridgehead atoms. The molecule has 1 aliphatic heterocycles. The molecule has 2 aliphatic rings. The summed E-state index contributed by atoms with van der Waals surface area (Å²) in [6, 6.07) is 11.1. The molecule has 160 valence electrons. The monoisotopic (exact) mass is 398 g/mol. The minimum absolute atomic E-state index is 0.0522. The van der Waals surface area contributed by atoms with Gasteiger partial charge < -0.3 is 14.8 Å². The Hall–Kier alpha value is -1.88. The molecule has 0 N–H and O–H groups in total. The Morgan fingerprint density at radius 1 is 1.17 bits per heavy atom. The van der Waals surface area contributed by atoms with Gasteiger partial charge in [0.2, 0.25) is 0 Å². The Morgan fingerprint density at radius 3 is 2.34 bits per heavy atom. The maximum absolute atomic E-state index is 13.1. The number of likely N-dealkylation sites (N-methyl/N-ethyl adjacent to an activating group) is 1. The second-order valence-electron chi connectivity index (χ2n) is 9.71. The molecule has 0 atom stereocenters. The first-order chi connectivity index (χ1) is 13.7. The molecular formula is C24H38N4O. The van der Waals surface area contributed by atoms with Crippen molar-refractivity contribution in [1.82, 2.24) is 14.7 Å². The third-order valence-electron chi connectivity index (χ3n) is 7.36. The lowest BCUT2D eigenvalue weighted by molar-refractivity contribution is 0.0204. The summed E-state index contributed by atoms with van der Waals surface area (Å²) in [5.41, 5.74) is 1.31. The van der Waals surface area contributed by atoms with Crippen molar-refractivity contribution in [1.29, 1.82) is 0 Å². The summed E-state index contributed by atoms with van der Waals surface area (Å²) in [7, 11) is 6.05. The second-order valence-corrected chi connectivity index (χ2v) is 9.71. The van der Waals surface area contributed by atoms with Gasteiger partial charge in [-0.25, -0.2) is 4.79 Å². The molecule has 1 saturated carbocycles. The molecule has 3 rings (SSSR count). The molecular weight excluding hydrogens is 360 g/mol. The van der Waals surface area contributed by atoms with Gasteiger partial charge >= 0.3 is 6.03 Å². The SMILES string of the molecule is CCN(C)C1(c2ccccc2)CCC2(CC1)CN(CC(C)(C)C=NC)C(=O)N2C. The van der Waals surface area contributed by atoms with Crippen LogP contribution in [0.25, 0.3) is 0 Å². The van der Waals surface area contributed by atoms with E-state index in [9.17, 15) is 4.79 Å². The van der Waals surface area contributed by atoms with Crippen LogP contribution in [0, 0.1) is 5.41 Å². The van der Waals surface area contributed by atoms with Gasteiger partial charge in [-0.05, 0) is 44.8 Å². The largest absolute Gasteiger partial charge is 0.321 e. The van der Waals surface area contributed by atoms with Gasteiger partial charge in [-0.3, -0.25) is 4.90 Å². The first-order valence-corrected chi connectivity index (χ1v) is 10.9. The minimum Gasteiger partial charge on any atom is -0.321 e. The lowest BCUT2D eigenvalue weighted by atomic mass is 9.68. The molecule has 5 heteroatoms. The zero-order valence-electron chi connectivity index (χ0n) is 19.1. The van der Waals surface area contributed by atoms with Crippen molar-refractivity contribution in [2.75, 3.05) is 40.8 Å². The topological polar surface area (TPSA) is 39.1 Å². The number of rotatable bonds is 6. The van der Waals surface area contributed by atoms with Gasteiger partial charge in [-0.2, -0.15) is 0 Å². The van der Waals surface area contributed by atoms with Crippen molar-refractivity contribution in [2.45, 2.75) is 57.5 Å². The number of carbonyl (C=O) groups excluding carboxylic acids is 1. The molecule has 1 heterocycles. The van der Waals surface area contributed by atoms with Crippen molar-refractivity contribution >= 4 is 12.2 Å². The third kappa shape index (κ3) is 3.94. The van der Waals surface area contributed by atoms with E-state index in [2.05, 4.69) is 68.0 Å². The molecule has 1 aromatic rings. The number of urea groups is 1. The van der Waals surface area contributed by atoms with Gasteiger partial charge in [-0.1, -0.05) is 51.1 Å². The van der Waals surface area contributed by atoms with Gasteiger partial charge in [-0.15, -0.1) is 0 Å². The van der Waals surface area contributed by atoms with Crippen molar-refractivity contribution in [3.05, 3.63) is 35.9 Å². The summed E-state index contributed by atoms with van der Waals surface area (Å²) in [5, 5.41) is 0. The molecule has 2 fully saturated rings. The molecule has 1 aliphatic carbocycles. The molecule has 29 heavy (non-hydrogen) atoms. The van der Waals surface area contributed by atoms with Gasteiger partial charge in [0.1, 0.15) is 0 Å². The van der Waals surface area contributed by atoms with E-state index in [-0.39, 0.29) is 22.5 Å². The summed E-state index contributed by atoms with van der Waals surface area (Å²) in [4.78, 5) is 23.9. The molecule has 1 spiro atoms. The van der Waals surface area contributed by atoms with E-state index >= 15 is 0 Å². The number of nitrogens with zero attached hydrogens (tertiary/aromatic N) is 4. The van der Waals surface area contributed by atoms with Crippen molar-refractivity contribution in [3.8, 4) is 0 Å². The Balaban J connectivity index is 1.81. The Bertz CT molecular complexity index is 735. The lowest BCUT2D eigenvalue weighted by Gasteiger charge is -2.51. The summed E-state index contributed by atoms with van der Waals surface area (Å²) >= 11 is 0. The normalized spacial score (nSPS) is 28.3. The average Bonchev–Trinajstić information content (AvgIpc) is 2.93. The third-order valence-corrected chi connectivity index (χ3v) is 7.36. The van der Waals surface area contributed by atoms with Gasteiger partial charge in [0.05, 0.1) is 5.54 Å². The molecule has 5 nitrogen and oxygen atoms in total. The maximum Gasteiger partial charge on any atom is 0.320 e. The predicted octanol–water partition coefficient (Wildman–Crippen LogP) is 4.24. The van der Waals surface area contributed by atoms with Crippen LogP contribution in [0.3, 0.4) is 0 Å². The zero-order chi connectivity index (χ0) is 21.3. The van der Waals surface area contributed by atoms with Crippen LogP contribution in [-0.2, 0) is 5.54 Å². The predicted molar refractivity (Wildman–Crippen MR) is 121 cm³/mol. The Labute approximate surface area is 176 Å². The van der Waals surface area contributed by atoms with E-state index in [1.807, 2.05) is 23.1 Å². The Kier molecular flexibility index (Phi) is 6.09. The number of hydrogen-bond donors (Lipinski definition) is 0. The zero-order valence-corrected chi connectivity index (χ0v) is 19.1. The van der Waals surface area contributed by atoms with E-state index in [4.69, 9.17) is 0 Å². The minimum atomic E-state index is -0.109. The van der Waals surface area contributed by atoms with Crippen LogP contribution < -0.4 is 0 Å². The van der Waals surface area contributed by atoms with E-state index in [1.165, 1.54) is 5.56 Å². The lowest BCUT2D eigenvalue weighted by Crippen LogP contribution is -2.55. The van der Waals surface area contributed by atoms with Crippen molar-refractivity contribution < 1.29 is 4.79 Å². The molecule has 0 unspecified atom stereocenters. The van der Waals surface area contributed by atoms with Gasteiger partial charge in [0.15, 0.2) is 0 Å². The van der Waals surface area contributed by atoms with Crippen molar-refractivity contribution in [3.63, 3.8) is 0 Å². The maximum atomic E-state index is 13.1. The highest BCUT2D eigenvalue weighted by atomic mass is 16.2. The number of carbonyl (C=O) groups is 1. The summed E-state index contributed by atoms with van der Waals surface area (Å²) < 4.78 is 0. The number of benzene rings is 1. The smallest absolute Gasteiger partial charge is 0.320 e. The second kappa shape index (κ2) is 8.10. The number of hydrogen-bond acceptors (Lipinski definition) is 3. The van der Waals surface area contributed by atoms with E-state index in [0.717, 1.165) is 38.8 Å². The highest BCUT2D eigenvalue weighted by molar-refractivity contribution is 5.79. The van der Waals surface area contributed by atoms with Crippen molar-refractivity contribution in [2.24, 2.45) is 10.4 Å². The quantitative estimate of drug-likeness (QED) is 0.672. The molecule has 1 aromatic carbocycles. The number of aliphatic imine (C=N–C) groups is 1. The summed E-state index contributed by atoms with van der Waals surface area (Å²) in [5.74, 6) is 0. The average molecular weight is 399 g/mol. The highest BCUT2D eigenvalue weighted by Gasteiger charge is 2.53. The molecule has 0 radical (unpaired) electrons. The molecule has 1 saturated heterocycles. The van der Waals surface area contributed by atoms with E-state index < -0.39 is 0 Å². The first kappa shape index (κ1) is 21.8. The van der Waals surface area contributed by atoms with Gasteiger partial charge in [0.25, 0.3) is 0 Å². The van der Waals surface area contributed by atoms with Gasteiger partial charge in [0, 0.05) is 44.4 Å². The van der Waals surface area contributed by atoms with Crippen LogP contribution >= 0.6 is 0 Å². The standard InChI is InChI=1S/C24H38N4O/c1-7-26(5)24(20-11-9-8-10-12-20)15-13-23(14-16-24)19-28(21(29)27(23)6)18-22(2,3)17-25-4/h8-12,17H,7,13-16,18-19H2,1-6H3. The molecule has 0 aromatic heterocycles. The fourth-order valence-electron chi connectivity index (χ4n) is 5.51. The van der Waals surface area contributed by atoms with E-state index in [1.54, 1.807) is 7.05 Å². The Morgan fingerprint density at radius 2 is 1.79 bits per heavy atom. The van der Waals surface area contributed by atoms with Crippen LogP contribution in [0.5, 0.6) is 0 Å². The summed E-state index contributed by atoms with van der Waals surface area (Å²) in [6.07, 6.45) is 6.18. The fourth-order valence-corrected chi connectivity index (χ4v) is 5.51. The van der Waals surface area contributed by atoms with Crippen LogP contribution in [0.2, 0.25) is 0 Å². The summed E-state index contributed by atoms with van der Waals surface area (Å²) in [6.45, 7) is 9.09. The van der Waals surface area contributed by atoms with E-state index in [0.29, 0.717) is 6.54 Å². The van der Waals surface area contributed by atoms with Crippen LogP contribution in [0.1, 0.15) is 52.0 Å².